The molecule has 35 heavy (non-hydrogen) atoms. The molecule has 1 N–H and O–H groups in total. The van der Waals surface area contributed by atoms with Gasteiger partial charge in [-0.15, -0.1) is 0 Å². The lowest BCUT2D eigenvalue weighted by atomic mass is 10.0. The Morgan fingerprint density at radius 3 is 2.66 bits per heavy atom. The smallest absolute Gasteiger partial charge is 0.274 e. The fourth-order valence-corrected chi connectivity index (χ4v) is 5.04. The molecular weight excluding hydrogens is 438 g/mol. The number of H-pyrrole nitrogens is 1. The topological polar surface area (TPSA) is 66.4 Å². The Kier molecular flexibility index (Phi) is 6.34. The molecule has 4 aromatic rings. The summed E-state index contributed by atoms with van der Waals surface area (Å²) in [6.45, 7) is 5.41. The van der Waals surface area contributed by atoms with E-state index in [1.54, 1.807) is 26.1 Å². The highest BCUT2D eigenvalue weighted by Gasteiger charge is 2.29. The fraction of sp³-hybridized carbons (Fsp3) is 0.357. The summed E-state index contributed by atoms with van der Waals surface area (Å²) in [6, 6.07) is 16.6. The number of benzene rings is 2. The van der Waals surface area contributed by atoms with Gasteiger partial charge in [0.15, 0.2) is 5.69 Å². The molecule has 182 valence electrons. The molecule has 0 spiro atoms. The van der Waals surface area contributed by atoms with Crippen molar-refractivity contribution in [3.63, 3.8) is 0 Å². The molecule has 7 nitrogen and oxygen atoms in total. The van der Waals surface area contributed by atoms with Crippen molar-refractivity contribution in [2.24, 2.45) is 0 Å². The van der Waals surface area contributed by atoms with Gasteiger partial charge in [0.2, 0.25) is 0 Å². The number of methoxy groups -OCH3 is 1. The van der Waals surface area contributed by atoms with E-state index in [-0.39, 0.29) is 5.91 Å². The van der Waals surface area contributed by atoms with E-state index in [4.69, 9.17) is 9.84 Å². The SMILES string of the molecule is COc1ccc(CCn2nc(C(=O)N(C)C)c3c2CCN(Cc2c(C)[nH]c4ccccc24)C3)cc1. The first-order chi connectivity index (χ1) is 16.9. The van der Waals surface area contributed by atoms with Gasteiger partial charge in [0.05, 0.1) is 7.11 Å². The van der Waals surface area contributed by atoms with Gasteiger partial charge in [-0.25, -0.2) is 0 Å². The Hall–Kier alpha value is -3.58. The molecular formula is C28H33N5O2. The molecule has 0 atom stereocenters. The molecule has 1 aliphatic rings. The van der Waals surface area contributed by atoms with Crippen LogP contribution in [-0.4, -0.2) is 58.2 Å². The lowest BCUT2D eigenvalue weighted by molar-refractivity contribution is 0.0818. The Labute approximate surface area is 206 Å². The summed E-state index contributed by atoms with van der Waals surface area (Å²) in [5.41, 5.74) is 7.78. The van der Waals surface area contributed by atoms with Gasteiger partial charge < -0.3 is 14.6 Å². The minimum atomic E-state index is -0.0328. The molecule has 0 radical (unpaired) electrons. The van der Waals surface area contributed by atoms with Crippen molar-refractivity contribution in [2.75, 3.05) is 27.7 Å². The number of hydrogen-bond donors (Lipinski definition) is 1. The second-order valence-corrected chi connectivity index (χ2v) is 9.53. The lowest BCUT2D eigenvalue weighted by Crippen LogP contribution is -2.32. The molecule has 0 saturated heterocycles. The van der Waals surface area contributed by atoms with Crippen LogP contribution in [0, 0.1) is 6.92 Å². The Morgan fingerprint density at radius 2 is 1.91 bits per heavy atom. The molecule has 1 amide bonds. The third-order valence-corrected chi connectivity index (χ3v) is 7.00. The van der Waals surface area contributed by atoms with E-state index in [1.165, 1.54) is 33.4 Å². The number of carbonyl (C=O) groups is 1. The van der Waals surface area contributed by atoms with Crippen molar-refractivity contribution in [3.05, 3.63) is 82.3 Å². The molecule has 0 bridgehead atoms. The van der Waals surface area contributed by atoms with E-state index in [0.717, 1.165) is 50.3 Å². The molecule has 5 rings (SSSR count). The van der Waals surface area contributed by atoms with Gasteiger partial charge in [0.25, 0.3) is 5.91 Å². The highest BCUT2D eigenvalue weighted by Crippen LogP contribution is 2.28. The van der Waals surface area contributed by atoms with Crippen LogP contribution in [0.2, 0.25) is 0 Å². The maximum Gasteiger partial charge on any atom is 0.274 e. The predicted octanol–water partition coefficient (Wildman–Crippen LogP) is 4.18. The van der Waals surface area contributed by atoms with Crippen LogP contribution in [0.15, 0.2) is 48.5 Å². The van der Waals surface area contributed by atoms with Crippen molar-refractivity contribution < 1.29 is 9.53 Å². The number of carbonyl (C=O) groups excluding carboxylic acids is 1. The van der Waals surface area contributed by atoms with E-state index in [9.17, 15) is 4.79 Å². The first-order valence-electron chi connectivity index (χ1n) is 12.2. The van der Waals surface area contributed by atoms with Crippen LogP contribution in [-0.2, 0) is 32.5 Å². The number of nitrogens with one attached hydrogen (secondary N) is 1. The summed E-state index contributed by atoms with van der Waals surface area (Å²) >= 11 is 0. The van der Waals surface area contributed by atoms with E-state index in [2.05, 4.69) is 57.9 Å². The highest BCUT2D eigenvalue weighted by atomic mass is 16.5. The number of aromatic amines is 1. The molecule has 0 saturated carbocycles. The van der Waals surface area contributed by atoms with Crippen LogP contribution in [0.5, 0.6) is 5.75 Å². The quantitative estimate of drug-likeness (QED) is 0.439. The number of rotatable bonds is 7. The number of aromatic nitrogens is 3. The van der Waals surface area contributed by atoms with Gasteiger partial charge in [-0.05, 0) is 42.7 Å². The Bertz CT molecular complexity index is 1350. The Morgan fingerprint density at radius 1 is 1.14 bits per heavy atom. The molecule has 0 unspecified atom stereocenters. The van der Waals surface area contributed by atoms with Crippen molar-refractivity contribution in [2.45, 2.75) is 39.4 Å². The van der Waals surface area contributed by atoms with Crippen molar-refractivity contribution >= 4 is 16.8 Å². The number of nitrogens with zero attached hydrogens (tertiary/aromatic N) is 4. The zero-order valence-electron chi connectivity index (χ0n) is 21.0. The molecule has 3 heterocycles. The van der Waals surface area contributed by atoms with Crippen molar-refractivity contribution in [1.82, 2.24) is 24.6 Å². The van der Waals surface area contributed by atoms with Crippen LogP contribution < -0.4 is 4.74 Å². The third-order valence-electron chi connectivity index (χ3n) is 7.00. The summed E-state index contributed by atoms with van der Waals surface area (Å²) in [6.07, 6.45) is 1.74. The maximum absolute atomic E-state index is 13.0. The van der Waals surface area contributed by atoms with Gasteiger partial charge in [-0.3, -0.25) is 14.4 Å². The second kappa shape index (κ2) is 9.58. The zero-order chi connectivity index (χ0) is 24.5. The summed E-state index contributed by atoms with van der Waals surface area (Å²) in [4.78, 5) is 20.6. The number of ether oxygens (including phenoxy) is 1. The molecule has 2 aromatic carbocycles. The molecule has 1 aliphatic heterocycles. The van der Waals surface area contributed by atoms with Gasteiger partial charge in [-0.2, -0.15) is 5.10 Å². The number of aryl methyl sites for hydroxylation is 3. The van der Waals surface area contributed by atoms with E-state index in [0.29, 0.717) is 5.69 Å². The molecule has 2 aromatic heterocycles. The zero-order valence-corrected chi connectivity index (χ0v) is 21.0. The van der Waals surface area contributed by atoms with Gasteiger partial charge in [0.1, 0.15) is 5.75 Å². The van der Waals surface area contributed by atoms with Gasteiger partial charge in [0, 0.05) is 74.5 Å². The second-order valence-electron chi connectivity index (χ2n) is 9.53. The first kappa shape index (κ1) is 23.2. The summed E-state index contributed by atoms with van der Waals surface area (Å²) in [5, 5.41) is 6.10. The maximum atomic E-state index is 13.0. The average Bonchev–Trinajstić information content (AvgIpc) is 3.39. The number of amides is 1. The standard InChI is InChI=1S/C28H33N5O2/c1-19-23(22-7-5-6-8-25(22)29-19)17-32-15-14-26-24(18-32)27(28(34)31(2)3)30-33(26)16-13-20-9-11-21(35-4)12-10-20/h5-12,29H,13-18H2,1-4H3. The van der Waals surface area contributed by atoms with Crippen LogP contribution in [0.3, 0.4) is 0 Å². The van der Waals surface area contributed by atoms with E-state index >= 15 is 0 Å². The van der Waals surface area contributed by atoms with E-state index in [1.807, 2.05) is 12.1 Å². The van der Waals surface area contributed by atoms with Crippen LogP contribution in [0.4, 0.5) is 0 Å². The van der Waals surface area contributed by atoms with Crippen LogP contribution in [0.25, 0.3) is 10.9 Å². The van der Waals surface area contributed by atoms with Crippen LogP contribution in [0.1, 0.15) is 38.6 Å². The Balaban J connectivity index is 1.39. The minimum absolute atomic E-state index is 0.0328. The third kappa shape index (κ3) is 4.56. The number of para-hydroxylation sites is 1. The van der Waals surface area contributed by atoms with Gasteiger partial charge >= 0.3 is 0 Å². The predicted molar refractivity (Wildman–Crippen MR) is 138 cm³/mol. The first-order valence-corrected chi connectivity index (χ1v) is 12.2. The lowest BCUT2D eigenvalue weighted by Gasteiger charge is -2.28. The van der Waals surface area contributed by atoms with Crippen LogP contribution >= 0.6 is 0 Å². The summed E-state index contributed by atoms with van der Waals surface area (Å²) in [7, 11) is 5.26. The molecule has 7 heteroatoms. The number of hydrogen-bond acceptors (Lipinski definition) is 4. The summed E-state index contributed by atoms with van der Waals surface area (Å²) < 4.78 is 7.33. The molecule has 0 fully saturated rings. The minimum Gasteiger partial charge on any atom is -0.497 e. The average molecular weight is 472 g/mol. The normalized spacial score (nSPS) is 13.7. The van der Waals surface area contributed by atoms with Crippen molar-refractivity contribution in [3.8, 4) is 5.75 Å². The fourth-order valence-electron chi connectivity index (χ4n) is 5.04. The van der Waals surface area contributed by atoms with E-state index < -0.39 is 0 Å². The number of fused-ring (bicyclic) bond motifs is 2. The van der Waals surface area contributed by atoms with Gasteiger partial charge in [-0.1, -0.05) is 30.3 Å². The highest BCUT2D eigenvalue weighted by molar-refractivity contribution is 5.93. The monoisotopic (exact) mass is 471 g/mol. The van der Waals surface area contributed by atoms with Crippen molar-refractivity contribution in [1.29, 1.82) is 0 Å². The molecule has 0 aliphatic carbocycles. The summed E-state index contributed by atoms with van der Waals surface area (Å²) in [5.74, 6) is 0.823. The largest absolute Gasteiger partial charge is 0.497 e.